The number of amides is 1. The van der Waals surface area contributed by atoms with Crippen LogP contribution >= 0.6 is 0 Å². The van der Waals surface area contributed by atoms with Crippen molar-refractivity contribution in [1.82, 2.24) is 10.3 Å². The number of aromatic nitrogens is 1. The number of carbonyl (C=O) groups excluding carboxylic acids is 1. The van der Waals surface area contributed by atoms with Crippen LogP contribution in [0.3, 0.4) is 0 Å². The van der Waals surface area contributed by atoms with Gasteiger partial charge in [0.1, 0.15) is 5.54 Å². The number of fused-ring (bicyclic) bond motifs is 1. The van der Waals surface area contributed by atoms with Crippen LogP contribution < -0.4 is 11.1 Å². The van der Waals surface area contributed by atoms with Crippen molar-refractivity contribution in [2.75, 3.05) is 13.2 Å². The van der Waals surface area contributed by atoms with Gasteiger partial charge in [-0.2, -0.15) is 0 Å². The first kappa shape index (κ1) is 15.4. The molecule has 3 rings (SSSR count). The number of nitrogens with two attached hydrogens (primary N) is 1. The van der Waals surface area contributed by atoms with Crippen molar-refractivity contribution in [3.05, 3.63) is 30.1 Å². The van der Waals surface area contributed by atoms with Gasteiger partial charge in [0.15, 0.2) is 0 Å². The molecule has 3 atom stereocenters. The average molecular weight is 303 g/mol. The van der Waals surface area contributed by atoms with Crippen LogP contribution in [0.4, 0.5) is 0 Å². The lowest BCUT2D eigenvalue weighted by molar-refractivity contribution is -0.225. The summed E-state index contributed by atoms with van der Waals surface area (Å²) in [6.45, 7) is 5.42. The topological polar surface area (TPSA) is 77.2 Å². The second-order valence-corrected chi connectivity index (χ2v) is 6.96. The van der Waals surface area contributed by atoms with E-state index in [2.05, 4.69) is 10.3 Å². The van der Waals surface area contributed by atoms with E-state index in [9.17, 15) is 4.79 Å². The lowest BCUT2D eigenvalue weighted by atomic mass is 9.46. The molecule has 120 valence electrons. The fourth-order valence-electron chi connectivity index (χ4n) is 4.03. The quantitative estimate of drug-likeness (QED) is 0.878. The number of hydrogen-bond acceptors (Lipinski definition) is 4. The van der Waals surface area contributed by atoms with E-state index in [0.29, 0.717) is 13.0 Å². The monoisotopic (exact) mass is 303 g/mol. The fraction of sp³-hybridized carbons (Fsp3) is 0.647. The van der Waals surface area contributed by atoms with Crippen molar-refractivity contribution >= 4 is 5.91 Å². The minimum atomic E-state index is -0.831. The lowest BCUT2D eigenvalue weighted by Gasteiger charge is -2.65. The number of nitrogens with one attached hydrogen (secondary N) is 1. The van der Waals surface area contributed by atoms with Gasteiger partial charge in [-0.15, -0.1) is 0 Å². The molecule has 0 aromatic carbocycles. The summed E-state index contributed by atoms with van der Waals surface area (Å²) in [6.07, 6.45) is 4.54. The molecule has 3 N–H and O–H groups in total. The molecule has 1 saturated heterocycles. The van der Waals surface area contributed by atoms with E-state index in [1.165, 1.54) is 0 Å². The Hall–Kier alpha value is -1.46. The number of rotatable bonds is 4. The van der Waals surface area contributed by atoms with Gasteiger partial charge >= 0.3 is 0 Å². The molecule has 2 heterocycles. The summed E-state index contributed by atoms with van der Waals surface area (Å²) in [5, 5.41) is 3.00. The normalized spacial score (nSPS) is 32.7. The standard InChI is InChI=1S/C17H25N3O2/c1-16(2)14-13(7-5-11-22-14)17(16,18)15(21)20-10-8-12-6-3-4-9-19-12/h3-4,6,9,13-14H,5,7-8,10-11,18H2,1-2H3,(H,20,21). The molecule has 5 heteroatoms. The maximum Gasteiger partial charge on any atom is 0.241 e. The van der Waals surface area contributed by atoms with Gasteiger partial charge in [0.05, 0.1) is 6.10 Å². The summed E-state index contributed by atoms with van der Waals surface area (Å²) in [5.74, 6) is 0.0753. The molecule has 1 aromatic rings. The van der Waals surface area contributed by atoms with Crippen LogP contribution in [0.15, 0.2) is 24.4 Å². The molecule has 1 aliphatic heterocycles. The van der Waals surface area contributed by atoms with Gasteiger partial charge in [0.25, 0.3) is 0 Å². The number of ether oxygens (including phenoxy) is 1. The smallest absolute Gasteiger partial charge is 0.241 e. The minimum Gasteiger partial charge on any atom is -0.377 e. The van der Waals surface area contributed by atoms with Gasteiger partial charge in [-0.05, 0) is 25.0 Å². The summed E-state index contributed by atoms with van der Waals surface area (Å²) in [4.78, 5) is 17.0. The Labute approximate surface area is 131 Å². The first-order chi connectivity index (χ1) is 10.5. The van der Waals surface area contributed by atoms with Crippen molar-refractivity contribution < 1.29 is 9.53 Å². The molecule has 1 saturated carbocycles. The highest BCUT2D eigenvalue weighted by atomic mass is 16.5. The third-order valence-electron chi connectivity index (χ3n) is 5.45. The Bertz CT molecular complexity index is 546. The molecular weight excluding hydrogens is 278 g/mol. The summed E-state index contributed by atoms with van der Waals surface area (Å²) in [6, 6.07) is 5.80. The summed E-state index contributed by atoms with van der Waals surface area (Å²) < 4.78 is 5.84. The predicted molar refractivity (Wildman–Crippen MR) is 84.1 cm³/mol. The summed E-state index contributed by atoms with van der Waals surface area (Å²) in [5.41, 5.74) is 6.37. The second kappa shape index (κ2) is 5.63. The van der Waals surface area contributed by atoms with E-state index in [1.54, 1.807) is 6.20 Å². The van der Waals surface area contributed by atoms with E-state index in [0.717, 1.165) is 25.1 Å². The maximum absolute atomic E-state index is 12.7. The summed E-state index contributed by atoms with van der Waals surface area (Å²) in [7, 11) is 0. The van der Waals surface area contributed by atoms with Crippen LogP contribution in [-0.2, 0) is 16.0 Å². The van der Waals surface area contributed by atoms with Crippen LogP contribution in [0.2, 0.25) is 0 Å². The van der Waals surface area contributed by atoms with E-state index in [1.807, 2.05) is 32.0 Å². The first-order valence-electron chi connectivity index (χ1n) is 8.06. The molecule has 0 radical (unpaired) electrons. The van der Waals surface area contributed by atoms with Gasteiger partial charge in [0, 0.05) is 42.8 Å². The van der Waals surface area contributed by atoms with Gasteiger partial charge in [-0.25, -0.2) is 0 Å². The van der Waals surface area contributed by atoms with Crippen LogP contribution in [-0.4, -0.2) is 35.7 Å². The molecular formula is C17H25N3O2. The third-order valence-corrected chi connectivity index (χ3v) is 5.45. The van der Waals surface area contributed by atoms with Gasteiger partial charge in [-0.3, -0.25) is 9.78 Å². The van der Waals surface area contributed by atoms with E-state index >= 15 is 0 Å². The molecule has 1 amide bonds. The molecule has 2 aliphatic rings. The fourth-order valence-corrected chi connectivity index (χ4v) is 4.03. The zero-order chi connectivity index (χ0) is 15.8. The van der Waals surface area contributed by atoms with Crippen LogP contribution in [0, 0.1) is 11.3 Å². The predicted octanol–water partition coefficient (Wildman–Crippen LogP) is 1.27. The highest BCUT2D eigenvalue weighted by molar-refractivity contribution is 5.89. The SMILES string of the molecule is CC1(C)C2OCCCC2C1(N)C(=O)NCCc1ccccn1. The van der Waals surface area contributed by atoms with Crippen molar-refractivity contribution in [3.63, 3.8) is 0 Å². The highest BCUT2D eigenvalue weighted by Crippen LogP contribution is 2.57. The largest absolute Gasteiger partial charge is 0.377 e. The molecule has 0 spiro atoms. The Morgan fingerprint density at radius 1 is 1.50 bits per heavy atom. The molecule has 2 fully saturated rings. The Balaban J connectivity index is 1.61. The van der Waals surface area contributed by atoms with Gasteiger partial charge < -0.3 is 15.8 Å². The summed E-state index contributed by atoms with van der Waals surface area (Å²) >= 11 is 0. The zero-order valence-corrected chi connectivity index (χ0v) is 13.3. The van der Waals surface area contributed by atoms with Crippen molar-refractivity contribution in [1.29, 1.82) is 0 Å². The number of nitrogens with zero attached hydrogens (tertiary/aromatic N) is 1. The molecule has 1 aliphatic carbocycles. The molecule has 0 bridgehead atoms. The minimum absolute atomic E-state index is 0.0554. The molecule has 22 heavy (non-hydrogen) atoms. The van der Waals surface area contributed by atoms with Gasteiger partial charge in [-0.1, -0.05) is 19.9 Å². The molecule has 1 aromatic heterocycles. The van der Waals surface area contributed by atoms with E-state index in [4.69, 9.17) is 10.5 Å². The molecule has 5 nitrogen and oxygen atoms in total. The average Bonchev–Trinajstić information content (AvgIpc) is 2.55. The first-order valence-corrected chi connectivity index (χ1v) is 8.06. The second-order valence-electron chi connectivity index (χ2n) is 6.96. The van der Waals surface area contributed by atoms with Gasteiger partial charge in [0.2, 0.25) is 5.91 Å². The van der Waals surface area contributed by atoms with Crippen LogP contribution in [0.1, 0.15) is 32.4 Å². The number of hydrogen-bond donors (Lipinski definition) is 2. The highest BCUT2D eigenvalue weighted by Gasteiger charge is 2.70. The third kappa shape index (κ3) is 2.23. The number of carbonyl (C=O) groups is 1. The van der Waals surface area contributed by atoms with Crippen molar-refractivity contribution in [2.24, 2.45) is 17.1 Å². The lowest BCUT2D eigenvalue weighted by Crippen LogP contribution is -2.82. The number of pyridine rings is 1. The maximum atomic E-state index is 12.7. The zero-order valence-electron chi connectivity index (χ0n) is 13.3. The van der Waals surface area contributed by atoms with Crippen molar-refractivity contribution in [3.8, 4) is 0 Å². The Morgan fingerprint density at radius 2 is 2.32 bits per heavy atom. The Morgan fingerprint density at radius 3 is 3.05 bits per heavy atom. The van der Waals surface area contributed by atoms with E-state index < -0.39 is 5.54 Å². The van der Waals surface area contributed by atoms with Crippen LogP contribution in [0.5, 0.6) is 0 Å². The van der Waals surface area contributed by atoms with Crippen LogP contribution in [0.25, 0.3) is 0 Å². The Kier molecular flexibility index (Phi) is 3.95. The van der Waals surface area contributed by atoms with Crippen molar-refractivity contribution in [2.45, 2.75) is 44.8 Å². The van der Waals surface area contributed by atoms with E-state index in [-0.39, 0.29) is 23.3 Å². The molecule has 3 unspecified atom stereocenters.